The normalized spacial score (nSPS) is 18.1. The summed E-state index contributed by atoms with van der Waals surface area (Å²) in [5.41, 5.74) is 2.50. The number of hydrogen-bond acceptors (Lipinski definition) is 4. The van der Waals surface area contributed by atoms with Gasteiger partial charge >= 0.3 is 0 Å². The maximum Gasteiger partial charge on any atom is 0.275 e. The molecule has 29 heavy (non-hydrogen) atoms. The fourth-order valence-electron chi connectivity index (χ4n) is 4.16. The first-order chi connectivity index (χ1) is 14.2. The number of thiazole rings is 1. The number of pyridine rings is 1. The molecule has 0 spiro atoms. The quantitative estimate of drug-likeness (QED) is 0.651. The highest BCUT2D eigenvalue weighted by Gasteiger charge is 2.14. The molecule has 1 aliphatic carbocycles. The minimum Gasteiger partial charge on any atom is -0.320 e. The summed E-state index contributed by atoms with van der Waals surface area (Å²) in [5, 5.41) is 4.48. The van der Waals surface area contributed by atoms with Gasteiger partial charge in [-0.25, -0.2) is 4.98 Å². The zero-order valence-electron chi connectivity index (χ0n) is 17.3. The zero-order valence-corrected chi connectivity index (χ0v) is 18.1. The third-order valence-electron chi connectivity index (χ3n) is 5.84. The van der Waals surface area contributed by atoms with Gasteiger partial charge < -0.3 is 9.88 Å². The molecule has 1 fully saturated rings. The molecule has 0 aromatic carbocycles. The second-order valence-electron chi connectivity index (χ2n) is 8.11. The topological polar surface area (TPSA) is 64.0 Å². The molecule has 0 radical (unpaired) electrons. The van der Waals surface area contributed by atoms with Gasteiger partial charge in [-0.05, 0) is 18.9 Å². The molecule has 1 N–H and O–H groups in total. The predicted octanol–water partition coefficient (Wildman–Crippen LogP) is 6.18. The average molecular weight is 416 g/mol. The van der Waals surface area contributed by atoms with Crippen LogP contribution in [0, 0.1) is 0 Å². The molecule has 0 saturated heterocycles. The third kappa shape index (κ3) is 7.11. The predicted molar refractivity (Wildman–Crippen MR) is 120 cm³/mol. The first-order valence-corrected chi connectivity index (χ1v) is 12.1. The molecule has 2 aromatic heterocycles. The third-order valence-corrected chi connectivity index (χ3v) is 6.43. The Balaban J connectivity index is 1.63. The van der Waals surface area contributed by atoms with E-state index in [-0.39, 0.29) is 17.5 Å². The van der Waals surface area contributed by atoms with Crippen molar-refractivity contribution in [2.45, 2.75) is 89.5 Å². The van der Waals surface area contributed by atoms with Crippen molar-refractivity contribution in [2.75, 3.05) is 5.32 Å². The summed E-state index contributed by atoms with van der Waals surface area (Å²) in [5.74, 6) is -0.276. The summed E-state index contributed by atoms with van der Waals surface area (Å²) in [6, 6.07) is 3.63. The van der Waals surface area contributed by atoms with Gasteiger partial charge in [-0.1, -0.05) is 70.6 Å². The van der Waals surface area contributed by atoms with Crippen molar-refractivity contribution in [1.29, 1.82) is 0 Å². The molecule has 1 saturated carbocycles. The standard InChI is InChI=1S/C23H33N3O2S/c27-22-16-19(25-23(28)21-17-29-18-24-21)14-15-26(22)20-12-10-8-6-4-2-1-3-5-7-9-11-13-20/h14-18,20H,1-13H2,(H,25,28). The molecule has 0 aliphatic heterocycles. The summed E-state index contributed by atoms with van der Waals surface area (Å²) >= 11 is 1.38. The maximum atomic E-state index is 12.8. The van der Waals surface area contributed by atoms with Crippen LogP contribution >= 0.6 is 11.3 Å². The molecule has 1 amide bonds. The smallest absolute Gasteiger partial charge is 0.275 e. The second kappa shape index (κ2) is 11.9. The van der Waals surface area contributed by atoms with Gasteiger partial charge in [0.1, 0.15) is 5.69 Å². The van der Waals surface area contributed by atoms with E-state index in [0.717, 1.165) is 12.8 Å². The number of amides is 1. The number of carbonyl (C=O) groups is 1. The van der Waals surface area contributed by atoms with Gasteiger partial charge in [-0.2, -0.15) is 0 Å². The van der Waals surface area contributed by atoms with Gasteiger partial charge in [-0.3, -0.25) is 9.59 Å². The van der Waals surface area contributed by atoms with Crippen LogP contribution in [0.5, 0.6) is 0 Å². The van der Waals surface area contributed by atoms with E-state index >= 15 is 0 Å². The van der Waals surface area contributed by atoms with Crippen molar-refractivity contribution in [3.05, 3.63) is 45.3 Å². The lowest BCUT2D eigenvalue weighted by atomic mass is 9.98. The molecule has 0 bridgehead atoms. The number of nitrogens with one attached hydrogen (secondary N) is 1. The van der Waals surface area contributed by atoms with Gasteiger partial charge in [0.25, 0.3) is 11.5 Å². The molecule has 1 aliphatic rings. The van der Waals surface area contributed by atoms with Crippen LogP contribution in [0.4, 0.5) is 5.69 Å². The largest absolute Gasteiger partial charge is 0.320 e. The van der Waals surface area contributed by atoms with Crippen molar-refractivity contribution in [1.82, 2.24) is 9.55 Å². The Hall–Kier alpha value is -1.95. The Kier molecular flexibility index (Phi) is 8.93. The Morgan fingerprint density at radius 3 is 2.07 bits per heavy atom. The van der Waals surface area contributed by atoms with Crippen molar-refractivity contribution in [2.24, 2.45) is 0 Å². The van der Waals surface area contributed by atoms with Gasteiger partial charge in [0.15, 0.2) is 0 Å². The Morgan fingerprint density at radius 1 is 0.966 bits per heavy atom. The Morgan fingerprint density at radius 2 is 1.55 bits per heavy atom. The van der Waals surface area contributed by atoms with E-state index in [0.29, 0.717) is 11.4 Å². The number of carbonyl (C=O) groups excluding carboxylic acids is 1. The van der Waals surface area contributed by atoms with Gasteiger partial charge in [-0.15, -0.1) is 11.3 Å². The number of rotatable bonds is 3. The molecule has 0 unspecified atom stereocenters. The number of aromatic nitrogens is 2. The van der Waals surface area contributed by atoms with E-state index in [1.54, 1.807) is 10.9 Å². The van der Waals surface area contributed by atoms with Crippen molar-refractivity contribution < 1.29 is 4.79 Å². The summed E-state index contributed by atoms with van der Waals surface area (Å²) in [4.78, 5) is 29.0. The molecule has 6 heteroatoms. The first kappa shape index (κ1) is 21.8. The number of anilines is 1. The van der Waals surface area contributed by atoms with Gasteiger partial charge in [0.05, 0.1) is 5.51 Å². The molecular formula is C23H33N3O2S. The van der Waals surface area contributed by atoms with Crippen LogP contribution in [-0.4, -0.2) is 15.5 Å². The highest BCUT2D eigenvalue weighted by atomic mass is 32.1. The maximum absolute atomic E-state index is 12.8. The molecule has 0 atom stereocenters. The zero-order chi connectivity index (χ0) is 20.3. The van der Waals surface area contributed by atoms with Crippen molar-refractivity contribution in [3.8, 4) is 0 Å². The Labute approximate surface area is 177 Å². The van der Waals surface area contributed by atoms with E-state index in [1.165, 1.54) is 88.0 Å². The molecule has 2 heterocycles. The highest BCUT2D eigenvalue weighted by molar-refractivity contribution is 7.07. The molecule has 5 nitrogen and oxygen atoms in total. The monoisotopic (exact) mass is 415 g/mol. The van der Waals surface area contributed by atoms with Crippen LogP contribution in [0.25, 0.3) is 0 Å². The Bertz CT molecular complexity index is 787. The second-order valence-corrected chi connectivity index (χ2v) is 8.83. The van der Waals surface area contributed by atoms with Gasteiger partial charge in [0.2, 0.25) is 0 Å². The fourth-order valence-corrected chi connectivity index (χ4v) is 4.69. The molecule has 158 valence electrons. The average Bonchev–Trinajstić information content (AvgIpc) is 3.25. The lowest BCUT2D eigenvalue weighted by Crippen LogP contribution is -2.25. The molecule has 3 rings (SSSR count). The summed E-state index contributed by atoms with van der Waals surface area (Å²) in [7, 11) is 0. The summed E-state index contributed by atoms with van der Waals surface area (Å²) < 4.78 is 1.88. The lowest BCUT2D eigenvalue weighted by molar-refractivity contribution is 0.102. The molecule has 2 aromatic rings. The van der Waals surface area contributed by atoms with E-state index in [2.05, 4.69) is 10.3 Å². The van der Waals surface area contributed by atoms with E-state index in [4.69, 9.17) is 0 Å². The highest BCUT2D eigenvalue weighted by Crippen LogP contribution is 2.24. The minimum atomic E-state index is -0.276. The summed E-state index contributed by atoms with van der Waals surface area (Å²) in [6.07, 6.45) is 18.3. The van der Waals surface area contributed by atoms with Crippen molar-refractivity contribution >= 4 is 22.9 Å². The van der Waals surface area contributed by atoms with Gasteiger partial charge in [0, 0.05) is 29.4 Å². The van der Waals surface area contributed by atoms with Crippen LogP contribution in [0.3, 0.4) is 0 Å². The summed E-state index contributed by atoms with van der Waals surface area (Å²) in [6.45, 7) is 0. The number of nitrogens with zero attached hydrogens (tertiary/aromatic N) is 2. The molecular weight excluding hydrogens is 382 g/mol. The SMILES string of the molecule is O=C(Nc1ccn(C2CCCCCCCCCCCCC2)c(=O)c1)c1cscn1. The van der Waals surface area contributed by atoms with Crippen LogP contribution in [0.15, 0.2) is 34.0 Å². The lowest BCUT2D eigenvalue weighted by Gasteiger charge is -2.21. The van der Waals surface area contributed by atoms with E-state index < -0.39 is 0 Å². The first-order valence-electron chi connectivity index (χ1n) is 11.2. The fraction of sp³-hybridized carbons (Fsp3) is 0.609. The van der Waals surface area contributed by atoms with Crippen LogP contribution in [-0.2, 0) is 0 Å². The van der Waals surface area contributed by atoms with Crippen LogP contribution in [0.2, 0.25) is 0 Å². The van der Waals surface area contributed by atoms with Crippen molar-refractivity contribution in [3.63, 3.8) is 0 Å². The number of hydrogen-bond donors (Lipinski definition) is 1. The van der Waals surface area contributed by atoms with Crippen LogP contribution in [0.1, 0.15) is 100 Å². The van der Waals surface area contributed by atoms with E-state index in [9.17, 15) is 9.59 Å². The minimum absolute atomic E-state index is 0.0350. The van der Waals surface area contributed by atoms with E-state index in [1.807, 2.05) is 16.8 Å². The van der Waals surface area contributed by atoms with Crippen LogP contribution < -0.4 is 10.9 Å².